The highest BCUT2D eigenvalue weighted by atomic mass is 19.4. The fourth-order valence-electron chi connectivity index (χ4n) is 1.23. The molecular weight excluding hydrogens is 233 g/mol. The van der Waals surface area contributed by atoms with Crippen molar-refractivity contribution in [3.8, 4) is 5.75 Å². The standard InChI is InChI=1S/C12H11F3O2/c1-2-9(8-16)6-10-4-3-5-11(7-10)17-12(13,14)15/h3-8H,2H2,1H3/b9-6-. The molecule has 1 rings (SSSR count). The maximum atomic E-state index is 12.0. The number of carbonyl (C=O) groups excluding carboxylic acids is 1. The summed E-state index contributed by atoms with van der Waals surface area (Å²) in [6.07, 6.45) is -1.98. The van der Waals surface area contributed by atoms with Gasteiger partial charge in [-0.3, -0.25) is 4.79 Å². The van der Waals surface area contributed by atoms with Crippen LogP contribution in [-0.4, -0.2) is 12.6 Å². The minimum Gasteiger partial charge on any atom is -0.406 e. The number of halogens is 3. The molecule has 0 bridgehead atoms. The maximum Gasteiger partial charge on any atom is 0.573 e. The van der Waals surface area contributed by atoms with Crippen LogP contribution in [0.15, 0.2) is 29.8 Å². The highest BCUT2D eigenvalue weighted by Gasteiger charge is 2.30. The lowest BCUT2D eigenvalue weighted by Gasteiger charge is -2.09. The number of hydrogen-bond acceptors (Lipinski definition) is 2. The van der Waals surface area contributed by atoms with Crippen LogP contribution < -0.4 is 4.74 Å². The normalized spacial score (nSPS) is 12.4. The van der Waals surface area contributed by atoms with Gasteiger partial charge >= 0.3 is 6.36 Å². The van der Waals surface area contributed by atoms with E-state index in [1.54, 1.807) is 13.0 Å². The average molecular weight is 244 g/mol. The van der Waals surface area contributed by atoms with Crippen LogP contribution in [0, 0.1) is 0 Å². The topological polar surface area (TPSA) is 26.3 Å². The molecule has 0 saturated carbocycles. The van der Waals surface area contributed by atoms with E-state index in [-0.39, 0.29) is 5.75 Å². The zero-order valence-electron chi connectivity index (χ0n) is 9.12. The Morgan fingerprint density at radius 2 is 2.12 bits per heavy atom. The summed E-state index contributed by atoms with van der Waals surface area (Å²) in [5, 5.41) is 0. The molecule has 0 aliphatic rings. The molecule has 2 nitrogen and oxygen atoms in total. The Morgan fingerprint density at radius 1 is 1.41 bits per heavy atom. The first-order chi connectivity index (χ1) is 7.94. The molecule has 1 aromatic carbocycles. The van der Waals surface area contributed by atoms with Crippen molar-refractivity contribution < 1.29 is 22.7 Å². The second kappa shape index (κ2) is 5.52. The summed E-state index contributed by atoms with van der Waals surface area (Å²) >= 11 is 0. The van der Waals surface area contributed by atoms with Crippen molar-refractivity contribution in [3.05, 3.63) is 35.4 Å². The van der Waals surface area contributed by atoms with Gasteiger partial charge in [0.15, 0.2) is 0 Å². The van der Waals surface area contributed by atoms with Crippen LogP contribution in [0.5, 0.6) is 5.75 Å². The van der Waals surface area contributed by atoms with Gasteiger partial charge in [0.1, 0.15) is 12.0 Å². The quantitative estimate of drug-likeness (QED) is 0.597. The Bertz CT molecular complexity index is 422. The lowest BCUT2D eigenvalue weighted by atomic mass is 10.1. The molecule has 0 amide bonds. The van der Waals surface area contributed by atoms with Crippen LogP contribution in [0.1, 0.15) is 18.9 Å². The van der Waals surface area contributed by atoms with Crippen molar-refractivity contribution in [2.75, 3.05) is 0 Å². The molecule has 0 saturated heterocycles. The fraction of sp³-hybridized carbons (Fsp3) is 0.250. The monoisotopic (exact) mass is 244 g/mol. The van der Waals surface area contributed by atoms with E-state index in [0.29, 0.717) is 23.8 Å². The van der Waals surface area contributed by atoms with E-state index >= 15 is 0 Å². The predicted molar refractivity (Wildman–Crippen MR) is 57.5 cm³/mol. The van der Waals surface area contributed by atoms with Gasteiger partial charge in [0.25, 0.3) is 0 Å². The summed E-state index contributed by atoms with van der Waals surface area (Å²) in [6.45, 7) is 1.79. The molecular formula is C12H11F3O2. The van der Waals surface area contributed by atoms with Gasteiger partial charge in [-0.1, -0.05) is 19.1 Å². The predicted octanol–water partition coefficient (Wildman–Crippen LogP) is 3.58. The van der Waals surface area contributed by atoms with Crippen molar-refractivity contribution in [1.29, 1.82) is 0 Å². The summed E-state index contributed by atoms with van der Waals surface area (Å²) in [5.41, 5.74) is 1.00. The maximum absolute atomic E-state index is 12.0. The van der Waals surface area contributed by atoms with Crippen molar-refractivity contribution >= 4 is 12.4 Å². The van der Waals surface area contributed by atoms with Crippen LogP contribution in [0.3, 0.4) is 0 Å². The number of ether oxygens (including phenoxy) is 1. The molecule has 0 spiro atoms. The number of rotatable bonds is 4. The second-order valence-corrected chi connectivity index (χ2v) is 3.31. The third-order valence-electron chi connectivity index (χ3n) is 2.00. The molecule has 0 aliphatic heterocycles. The highest BCUT2D eigenvalue weighted by Crippen LogP contribution is 2.24. The van der Waals surface area contributed by atoms with E-state index in [1.165, 1.54) is 24.3 Å². The van der Waals surface area contributed by atoms with Gasteiger partial charge in [0.05, 0.1) is 0 Å². The van der Waals surface area contributed by atoms with Crippen LogP contribution in [0.4, 0.5) is 13.2 Å². The molecule has 0 atom stereocenters. The number of benzene rings is 1. The molecule has 92 valence electrons. The summed E-state index contributed by atoms with van der Waals surface area (Å²) in [4.78, 5) is 10.6. The third kappa shape index (κ3) is 4.72. The van der Waals surface area contributed by atoms with Crippen molar-refractivity contribution in [2.45, 2.75) is 19.7 Å². The molecule has 0 N–H and O–H groups in total. The Labute approximate surface area is 96.7 Å². The molecule has 0 radical (unpaired) electrons. The zero-order chi connectivity index (χ0) is 12.9. The largest absolute Gasteiger partial charge is 0.573 e. The van der Waals surface area contributed by atoms with Crippen LogP contribution in [0.25, 0.3) is 6.08 Å². The fourth-order valence-corrected chi connectivity index (χ4v) is 1.23. The number of allylic oxidation sites excluding steroid dienone is 1. The van der Waals surface area contributed by atoms with Crippen LogP contribution in [-0.2, 0) is 4.79 Å². The van der Waals surface area contributed by atoms with Gasteiger partial charge in [0.2, 0.25) is 0 Å². The number of aldehydes is 1. The summed E-state index contributed by atoms with van der Waals surface area (Å²) in [5.74, 6) is -0.299. The van der Waals surface area contributed by atoms with Crippen LogP contribution >= 0.6 is 0 Å². The molecule has 0 aromatic heterocycles. The smallest absolute Gasteiger partial charge is 0.406 e. The molecule has 0 heterocycles. The molecule has 1 aromatic rings. The van der Waals surface area contributed by atoms with E-state index in [9.17, 15) is 18.0 Å². The van der Waals surface area contributed by atoms with E-state index in [2.05, 4.69) is 4.74 Å². The third-order valence-corrected chi connectivity index (χ3v) is 2.00. The SMILES string of the molecule is CC/C(C=O)=C/c1cccc(OC(F)(F)F)c1. The first kappa shape index (κ1) is 13.3. The van der Waals surface area contributed by atoms with Crippen molar-refractivity contribution in [3.63, 3.8) is 0 Å². The van der Waals surface area contributed by atoms with Crippen LogP contribution in [0.2, 0.25) is 0 Å². The minimum atomic E-state index is -4.71. The Kier molecular flexibility index (Phi) is 4.31. The van der Waals surface area contributed by atoms with Gasteiger partial charge in [-0.25, -0.2) is 0 Å². The Morgan fingerprint density at radius 3 is 2.65 bits per heavy atom. The van der Waals surface area contributed by atoms with Gasteiger partial charge in [-0.05, 0) is 35.8 Å². The average Bonchev–Trinajstić information content (AvgIpc) is 2.24. The molecule has 0 unspecified atom stereocenters. The first-order valence-corrected chi connectivity index (χ1v) is 4.96. The van der Waals surface area contributed by atoms with E-state index in [0.717, 1.165) is 0 Å². The minimum absolute atomic E-state index is 0.299. The molecule has 17 heavy (non-hydrogen) atoms. The number of carbonyl (C=O) groups is 1. The lowest BCUT2D eigenvalue weighted by Crippen LogP contribution is -2.17. The summed E-state index contributed by atoms with van der Waals surface area (Å²) in [7, 11) is 0. The summed E-state index contributed by atoms with van der Waals surface area (Å²) < 4.78 is 39.7. The first-order valence-electron chi connectivity index (χ1n) is 4.96. The molecule has 5 heteroatoms. The Hall–Kier alpha value is -1.78. The highest BCUT2D eigenvalue weighted by molar-refractivity contribution is 5.81. The second-order valence-electron chi connectivity index (χ2n) is 3.31. The van der Waals surface area contributed by atoms with Crippen molar-refractivity contribution in [1.82, 2.24) is 0 Å². The molecule has 0 aliphatic carbocycles. The zero-order valence-corrected chi connectivity index (χ0v) is 9.12. The number of alkyl halides is 3. The van der Waals surface area contributed by atoms with Gasteiger partial charge in [-0.2, -0.15) is 0 Å². The van der Waals surface area contributed by atoms with Gasteiger partial charge < -0.3 is 4.74 Å². The molecule has 0 fully saturated rings. The summed E-state index contributed by atoms with van der Waals surface area (Å²) in [6, 6.07) is 5.47. The van der Waals surface area contributed by atoms with E-state index < -0.39 is 6.36 Å². The van der Waals surface area contributed by atoms with Gasteiger partial charge in [-0.15, -0.1) is 13.2 Å². The lowest BCUT2D eigenvalue weighted by molar-refractivity contribution is -0.274. The van der Waals surface area contributed by atoms with Crippen molar-refractivity contribution in [2.24, 2.45) is 0 Å². The van der Waals surface area contributed by atoms with E-state index in [4.69, 9.17) is 0 Å². The van der Waals surface area contributed by atoms with Gasteiger partial charge in [0, 0.05) is 0 Å². The Balaban J connectivity index is 2.93. The van der Waals surface area contributed by atoms with E-state index in [1.807, 2.05) is 0 Å². The number of hydrogen-bond donors (Lipinski definition) is 0.